The molecular weight excluding hydrogens is 147 g/mol. The Labute approximate surface area is 62.6 Å². The monoisotopic (exact) mass is 152 g/mol. The molecule has 0 atom stereocenters. The summed E-state index contributed by atoms with van der Waals surface area (Å²) < 4.78 is 12.6. The highest BCUT2D eigenvalue weighted by Crippen LogP contribution is 2.08. The van der Waals surface area contributed by atoms with Crippen LogP contribution in [0.25, 0.3) is 0 Å². The van der Waals surface area contributed by atoms with Crippen molar-refractivity contribution in [1.82, 2.24) is 0 Å². The van der Waals surface area contributed by atoms with E-state index in [1.807, 2.05) is 0 Å². The number of carbonyl (C=O) groups excluding carboxylic acids is 2. The van der Waals surface area contributed by atoms with Crippen molar-refractivity contribution in [3.05, 3.63) is 35.1 Å². The van der Waals surface area contributed by atoms with Crippen LogP contribution < -0.4 is 0 Å². The Morgan fingerprint density at radius 3 is 2.36 bits per heavy atom. The Bertz CT molecular complexity index is 294. The zero-order valence-electron chi connectivity index (χ0n) is 5.58. The van der Waals surface area contributed by atoms with Crippen LogP contribution in [0.1, 0.15) is 20.7 Å². The minimum Gasteiger partial charge on any atom is -0.298 e. The van der Waals surface area contributed by atoms with Crippen molar-refractivity contribution in [1.29, 1.82) is 0 Å². The molecule has 0 heterocycles. The second-order valence-electron chi connectivity index (χ2n) is 1.98. The quantitative estimate of drug-likeness (QED) is 0.601. The maximum Gasteiger partial charge on any atom is 0.153 e. The fourth-order valence-corrected chi connectivity index (χ4v) is 0.781. The van der Waals surface area contributed by atoms with Crippen LogP contribution >= 0.6 is 0 Å². The van der Waals surface area contributed by atoms with E-state index in [0.717, 1.165) is 6.07 Å². The van der Waals surface area contributed by atoms with E-state index in [9.17, 15) is 14.0 Å². The first-order chi connectivity index (χ1) is 5.29. The number of hydrogen-bond donors (Lipinski definition) is 0. The van der Waals surface area contributed by atoms with Crippen molar-refractivity contribution >= 4 is 12.6 Å². The van der Waals surface area contributed by atoms with Gasteiger partial charge in [0.2, 0.25) is 0 Å². The van der Waals surface area contributed by atoms with E-state index in [4.69, 9.17) is 0 Å². The maximum absolute atomic E-state index is 12.6. The predicted octanol–water partition coefficient (Wildman–Crippen LogP) is 1.45. The van der Waals surface area contributed by atoms with E-state index in [0.29, 0.717) is 12.6 Å². The van der Waals surface area contributed by atoms with Gasteiger partial charge >= 0.3 is 0 Å². The minimum absolute atomic E-state index is 0.0833. The van der Waals surface area contributed by atoms with Gasteiger partial charge < -0.3 is 0 Å². The molecule has 0 saturated carbocycles. The second-order valence-corrected chi connectivity index (χ2v) is 1.98. The van der Waals surface area contributed by atoms with Gasteiger partial charge in [0.05, 0.1) is 5.56 Å². The normalized spacial score (nSPS) is 9.18. The van der Waals surface area contributed by atoms with Crippen molar-refractivity contribution in [2.24, 2.45) is 0 Å². The Kier molecular flexibility index (Phi) is 2.11. The molecule has 0 spiro atoms. The number of rotatable bonds is 2. The van der Waals surface area contributed by atoms with E-state index >= 15 is 0 Å². The molecule has 0 amide bonds. The molecule has 2 nitrogen and oxygen atoms in total. The number of hydrogen-bond acceptors (Lipinski definition) is 2. The van der Waals surface area contributed by atoms with Crippen LogP contribution in [-0.2, 0) is 0 Å². The van der Waals surface area contributed by atoms with Crippen LogP contribution in [0.15, 0.2) is 18.2 Å². The molecule has 0 bridgehead atoms. The van der Waals surface area contributed by atoms with Crippen LogP contribution in [0.4, 0.5) is 4.39 Å². The molecule has 0 radical (unpaired) electrons. The summed E-state index contributed by atoms with van der Waals surface area (Å²) in [6, 6.07) is 3.91. The van der Waals surface area contributed by atoms with Crippen molar-refractivity contribution in [3.8, 4) is 0 Å². The Hall–Kier alpha value is -1.51. The summed E-state index contributed by atoms with van der Waals surface area (Å²) in [7, 11) is 0. The highest BCUT2D eigenvalue weighted by molar-refractivity contribution is 5.90. The fourth-order valence-electron chi connectivity index (χ4n) is 0.781. The van der Waals surface area contributed by atoms with Gasteiger partial charge in [-0.2, -0.15) is 0 Å². The Morgan fingerprint density at radius 1 is 1.18 bits per heavy atom. The van der Waals surface area contributed by atoms with Gasteiger partial charge in [-0.3, -0.25) is 9.59 Å². The third-order valence-corrected chi connectivity index (χ3v) is 1.33. The van der Waals surface area contributed by atoms with E-state index in [1.54, 1.807) is 0 Å². The SMILES string of the molecule is O=Cc1cccc(F)c1C=O. The molecule has 0 fully saturated rings. The van der Waals surface area contributed by atoms with E-state index < -0.39 is 5.82 Å². The van der Waals surface area contributed by atoms with Gasteiger partial charge in [0.25, 0.3) is 0 Å². The number of carbonyl (C=O) groups is 2. The zero-order valence-corrected chi connectivity index (χ0v) is 5.58. The summed E-state index contributed by atoms with van der Waals surface area (Å²) >= 11 is 0. The average Bonchev–Trinajstić information content (AvgIpc) is 2.04. The topological polar surface area (TPSA) is 34.1 Å². The highest BCUT2D eigenvalue weighted by Gasteiger charge is 2.04. The van der Waals surface area contributed by atoms with Crippen molar-refractivity contribution < 1.29 is 14.0 Å². The van der Waals surface area contributed by atoms with E-state index in [-0.39, 0.29) is 11.1 Å². The number of benzene rings is 1. The largest absolute Gasteiger partial charge is 0.298 e. The third-order valence-electron chi connectivity index (χ3n) is 1.33. The lowest BCUT2D eigenvalue weighted by atomic mass is 10.1. The molecule has 0 aliphatic heterocycles. The summed E-state index contributed by atoms with van der Waals surface area (Å²) in [6.45, 7) is 0. The molecule has 11 heavy (non-hydrogen) atoms. The smallest absolute Gasteiger partial charge is 0.153 e. The molecule has 0 aromatic heterocycles. The van der Waals surface area contributed by atoms with Crippen LogP contribution in [0.5, 0.6) is 0 Å². The first-order valence-electron chi connectivity index (χ1n) is 2.98. The molecule has 1 aromatic rings. The number of halogens is 1. The maximum atomic E-state index is 12.6. The summed E-state index contributed by atoms with van der Waals surface area (Å²) in [6.07, 6.45) is 0.784. The van der Waals surface area contributed by atoms with Gasteiger partial charge in [-0.15, -0.1) is 0 Å². The van der Waals surface area contributed by atoms with Gasteiger partial charge in [-0.05, 0) is 6.07 Å². The lowest BCUT2D eigenvalue weighted by Crippen LogP contribution is -1.94. The lowest BCUT2D eigenvalue weighted by Gasteiger charge is -1.95. The molecule has 1 aromatic carbocycles. The standard InChI is InChI=1S/C8H5FO2/c9-8-3-1-2-6(4-10)7(8)5-11/h1-5H. The first-order valence-corrected chi connectivity index (χ1v) is 2.98. The summed E-state index contributed by atoms with van der Waals surface area (Å²) in [5.41, 5.74) is -0.0949. The molecule has 1 rings (SSSR count). The van der Waals surface area contributed by atoms with Crippen LogP contribution in [0, 0.1) is 5.82 Å². The third kappa shape index (κ3) is 1.32. The molecule has 0 unspecified atom stereocenters. The molecular formula is C8H5FO2. The highest BCUT2D eigenvalue weighted by atomic mass is 19.1. The Morgan fingerprint density at radius 2 is 1.91 bits per heavy atom. The van der Waals surface area contributed by atoms with E-state index in [2.05, 4.69) is 0 Å². The fraction of sp³-hybridized carbons (Fsp3) is 0. The number of aldehydes is 2. The summed E-state index contributed by atoms with van der Waals surface area (Å²) in [5.74, 6) is -0.662. The zero-order chi connectivity index (χ0) is 8.27. The van der Waals surface area contributed by atoms with Gasteiger partial charge in [0.1, 0.15) is 5.82 Å². The lowest BCUT2D eigenvalue weighted by molar-refractivity contribution is 0.109. The Balaban J connectivity index is 3.35. The van der Waals surface area contributed by atoms with Crippen LogP contribution in [-0.4, -0.2) is 12.6 Å². The first kappa shape index (κ1) is 7.60. The molecule has 56 valence electrons. The summed E-state index contributed by atoms with van der Waals surface area (Å²) in [5, 5.41) is 0. The molecule has 0 aliphatic rings. The van der Waals surface area contributed by atoms with Gasteiger partial charge in [0, 0.05) is 5.56 Å². The minimum atomic E-state index is -0.662. The van der Waals surface area contributed by atoms with Crippen LogP contribution in [0.2, 0.25) is 0 Å². The second kappa shape index (κ2) is 3.05. The van der Waals surface area contributed by atoms with Crippen molar-refractivity contribution in [2.45, 2.75) is 0 Å². The summed E-state index contributed by atoms with van der Waals surface area (Å²) in [4.78, 5) is 20.4. The molecule has 3 heteroatoms. The molecule has 0 aliphatic carbocycles. The van der Waals surface area contributed by atoms with Gasteiger partial charge in [0.15, 0.2) is 12.6 Å². The van der Waals surface area contributed by atoms with Gasteiger partial charge in [-0.1, -0.05) is 12.1 Å². The average molecular weight is 152 g/mol. The van der Waals surface area contributed by atoms with E-state index in [1.165, 1.54) is 12.1 Å². The van der Waals surface area contributed by atoms with Gasteiger partial charge in [-0.25, -0.2) is 4.39 Å². The van der Waals surface area contributed by atoms with Crippen molar-refractivity contribution in [2.75, 3.05) is 0 Å². The van der Waals surface area contributed by atoms with Crippen LogP contribution in [0.3, 0.4) is 0 Å². The molecule has 0 N–H and O–H groups in total. The molecule has 0 saturated heterocycles. The van der Waals surface area contributed by atoms with Crippen molar-refractivity contribution in [3.63, 3.8) is 0 Å². The predicted molar refractivity (Wildman–Crippen MR) is 37.2 cm³/mol.